The Bertz CT molecular complexity index is 399. The van der Waals surface area contributed by atoms with Crippen LogP contribution in [0.25, 0.3) is 0 Å². The standard InChI is InChI=1S/2C10H15.Hf.2HI/c2*1-8(2)7-10-6-4-5-9(10)3;;;/h2*5,8H,4,7H2,1-3H3;;2*1H/q2*-1;;;. The van der Waals surface area contributed by atoms with Crippen LogP contribution in [-0.2, 0) is 25.8 Å². The average Bonchev–Trinajstić information content (AvgIpc) is 2.90. The molecular formula is C20H32HfI2-2. The Kier molecular flexibility index (Phi) is 19.6. The van der Waals surface area contributed by atoms with Gasteiger partial charge in [0.2, 0.25) is 0 Å². The molecule has 0 atom stereocenters. The van der Waals surface area contributed by atoms with E-state index in [4.69, 9.17) is 0 Å². The third kappa shape index (κ3) is 12.3. The van der Waals surface area contributed by atoms with E-state index in [2.05, 4.69) is 65.8 Å². The number of halogens is 2. The molecule has 0 saturated heterocycles. The van der Waals surface area contributed by atoms with Crippen LogP contribution in [0.3, 0.4) is 0 Å². The molecule has 0 aliphatic heterocycles. The fraction of sp³-hybridized carbons (Fsp3) is 0.600. The predicted molar refractivity (Wildman–Crippen MR) is 120 cm³/mol. The van der Waals surface area contributed by atoms with Crippen molar-refractivity contribution in [3.8, 4) is 0 Å². The summed E-state index contributed by atoms with van der Waals surface area (Å²) in [5, 5.41) is 0. The van der Waals surface area contributed by atoms with Crippen molar-refractivity contribution in [3.63, 3.8) is 0 Å². The second-order valence-electron chi connectivity index (χ2n) is 6.69. The van der Waals surface area contributed by atoms with E-state index in [1.165, 1.54) is 35.1 Å². The number of hydrogen-bond donors (Lipinski definition) is 0. The van der Waals surface area contributed by atoms with Crippen molar-refractivity contribution in [1.29, 1.82) is 0 Å². The maximum absolute atomic E-state index is 3.36. The number of rotatable bonds is 4. The van der Waals surface area contributed by atoms with Crippen molar-refractivity contribution in [2.75, 3.05) is 0 Å². The third-order valence-corrected chi connectivity index (χ3v) is 3.62. The Labute approximate surface area is 197 Å². The number of allylic oxidation sites excluding steroid dienone is 8. The SMILES string of the molecule is CC1=CC[C-]=C1CC(C)C.CC1=CC[C-]=C1CC(C)C.I.I.[Hf]. The zero-order valence-electron chi connectivity index (χ0n) is 15.5. The minimum Gasteiger partial charge on any atom is -0.269 e. The topological polar surface area (TPSA) is 0 Å². The molecule has 0 aromatic heterocycles. The third-order valence-electron chi connectivity index (χ3n) is 3.62. The number of hydrogen-bond acceptors (Lipinski definition) is 0. The maximum atomic E-state index is 3.36. The van der Waals surface area contributed by atoms with Crippen molar-refractivity contribution < 1.29 is 25.8 Å². The van der Waals surface area contributed by atoms with Gasteiger partial charge in [-0.2, -0.15) is 12.2 Å². The van der Waals surface area contributed by atoms with Crippen molar-refractivity contribution in [3.05, 3.63) is 46.6 Å². The van der Waals surface area contributed by atoms with Gasteiger partial charge in [0.25, 0.3) is 0 Å². The van der Waals surface area contributed by atoms with Gasteiger partial charge in [-0.25, -0.2) is 22.3 Å². The molecule has 0 aromatic carbocycles. The molecule has 132 valence electrons. The van der Waals surface area contributed by atoms with Gasteiger partial charge in [0.15, 0.2) is 0 Å². The summed E-state index contributed by atoms with van der Waals surface area (Å²) in [6, 6.07) is 0. The Morgan fingerprint density at radius 3 is 1.26 bits per heavy atom. The second kappa shape index (κ2) is 15.5. The van der Waals surface area contributed by atoms with Gasteiger partial charge in [-0.1, -0.05) is 40.5 Å². The molecule has 0 amide bonds. The molecule has 0 heterocycles. The first-order valence-electron chi connectivity index (χ1n) is 7.93. The molecule has 0 saturated carbocycles. The molecule has 0 nitrogen and oxygen atoms in total. The smallest absolute Gasteiger partial charge is 0 e. The Morgan fingerprint density at radius 2 is 1.09 bits per heavy atom. The Morgan fingerprint density at radius 1 is 0.783 bits per heavy atom. The van der Waals surface area contributed by atoms with Crippen LogP contribution >= 0.6 is 48.0 Å². The van der Waals surface area contributed by atoms with Crippen LogP contribution in [0.4, 0.5) is 0 Å². The van der Waals surface area contributed by atoms with E-state index in [0.717, 1.165) is 24.7 Å². The zero-order chi connectivity index (χ0) is 15.1. The van der Waals surface area contributed by atoms with Gasteiger partial charge in [-0.3, -0.25) is 12.2 Å². The van der Waals surface area contributed by atoms with E-state index in [9.17, 15) is 0 Å². The van der Waals surface area contributed by atoms with Crippen LogP contribution in [0.2, 0.25) is 0 Å². The predicted octanol–water partition coefficient (Wildman–Crippen LogP) is 7.46. The van der Waals surface area contributed by atoms with Gasteiger partial charge < -0.3 is 0 Å². The molecule has 0 spiro atoms. The average molecular weight is 705 g/mol. The molecule has 2 aliphatic carbocycles. The van der Waals surface area contributed by atoms with Crippen LogP contribution in [-0.4, -0.2) is 0 Å². The summed E-state index contributed by atoms with van der Waals surface area (Å²) in [7, 11) is 0. The first kappa shape index (κ1) is 29.1. The van der Waals surface area contributed by atoms with Gasteiger partial charge in [-0.15, -0.1) is 74.6 Å². The summed E-state index contributed by atoms with van der Waals surface area (Å²) in [5.74, 6) is 1.54. The second-order valence-corrected chi connectivity index (χ2v) is 6.69. The zero-order valence-corrected chi connectivity index (χ0v) is 23.7. The molecule has 0 aromatic rings. The van der Waals surface area contributed by atoms with Gasteiger partial charge in [0.1, 0.15) is 0 Å². The molecule has 0 bridgehead atoms. The minimum absolute atomic E-state index is 0. The molecule has 0 unspecified atom stereocenters. The molecule has 0 fully saturated rings. The van der Waals surface area contributed by atoms with Crippen molar-refractivity contribution in [2.24, 2.45) is 11.8 Å². The maximum Gasteiger partial charge on any atom is 0 e. The first-order valence-corrected chi connectivity index (χ1v) is 7.93. The van der Waals surface area contributed by atoms with Crippen LogP contribution in [0.15, 0.2) is 34.4 Å². The van der Waals surface area contributed by atoms with Crippen LogP contribution in [0, 0.1) is 24.0 Å². The molecule has 3 heteroatoms. The summed E-state index contributed by atoms with van der Waals surface area (Å²) in [4.78, 5) is 0. The van der Waals surface area contributed by atoms with Gasteiger partial charge >= 0.3 is 0 Å². The molecule has 23 heavy (non-hydrogen) atoms. The van der Waals surface area contributed by atoms with E-state index in [1.807, 2.05) is 0 Å². The van der Waals surface area contributed by atoms with E-state index in [0.29, 0.717) is 0 Å². The Hall–Kier alpha value is 1.29. The van der Waals surface area contributed by atoms with Gasteiger partial charge in [-0.05, 0) is 11.8 Å². The fourth-order valence-corrected chi connectivity index (χ4v) is 2.46. The van der Waals surface area contributed by atoms with Crippen molar-refractivity contribution >= 4 is 48.0 Å². The van der Waals surface area contributed by atoms with Gasteiger partial charge in [0.05, 0.1) is 0 Å². The summed E-state index contributed by atoms with van der Waals surface area (Å²) >= 11 is 0. The molecular weight excluding hydrogens is 673 g/mol. The quantitative estimate of drug-likeness (QED) is 0.162. The molecule has 0 N–H and O–H groups in total. The summed E-state index contributed by atoms with van der Waals surface area (Å²) in [6.45, 7) is 13.4. The normalized spacial score (nSPS) is 15.3. The van der Waals surface area contributed by atoms with E-state index in [-0.39, 0.29) is 73.8 Å². The van der Waals surface area contributed by atoms with Crippen molar-refractivity contribution in [1.82, 2.24) is 0 Å². The van der Waals surface area contributed by atoms with Crippen LogP contribution < -0.4 is 0 Å². The van der Waals surface area contributed by atoms with Crippen LogP contribution in [0.5, 0.6) is 0 Å². The summed E-state index contributed by atoms with van der Waals surface area (Å²) in [6.07, 6.45) is 15.7. The fourth-order valence-electron chi connectivity index (χ4n) is 2.46. The largest absolute Gasteiger partial charge is 0.269 e. The minimum atomic E-state index is 0. The molecule has 0 radical (unpaired) electrons. The van der Waals surface area contributed by atoms with E-state index >= 15 is 0 Å². The first-order chi connectivity index (χ1) is 9.40. The van der Waals surface area contributed by atoms with Crippen molar-refractivity contribution in [2.45, 2.75) is 67.2 Å². The molecule has 2 aliphatic rings. The summed E-state index contributed by atoms with van der Waals surface area (Å²) in [5.41, 5.74) is 5.76. The van der Waals surface area contributed by atoms with Gasteiger partial charge in [0, 0.05) is 25.8 Å². The summed E-state index contributed by atoms with van der Waals surface area (Å²) < 4.78 is 0. The Balaban J connectivity index is -0.000000308. The molecule has 2 rings (SSSR count). The van der Waals surface area contributed by atoms with E-state index < -0.39 is 0 Å². The van der Waals surface area contributed by atoms with E-state index in [1.54, 1.807) is 0 Å². The van der Waals surface area contributed by atoms with Crippen LogP contribution in [0.1, 0.15) is 67.2 Å². The monoisotopic (exact) mass is 706 g/mol.